The zero-order valence-electron chi connectivity index (χ0n) is 28.5. The van der Waals surface area contributed by atoms with E-state index < -0.39 is 91.4 Å². The van der Waals surface area contributed by atoms with Crippen LogP contribution in [-0.4, -0.2) is 47.8 Å². The van der Waals surface area contributed by atoms with Gasteiger partial charge in [-0.05, 0) is 71.6 Å². The number of halogens is 7. The maximum absolute atomic E-state index is 15.3. The number of hydrogen-bond acceptors (Lipinski definition) is 6. The highest BCUT2D eigenvalue weighted by molar-refractivity contribution is 7.89. The molecule has 0 spiro atoms. The number of anilines is 1. The molecule has 3 aromatic carbocycles. The average molecular weight is 784 g/mol. The van der Waals surface area contributed by atoms with Gasteiger partial charge < -0.3 is 15.2 Å². The standard InChI is InChI=1S/C36H32ClF6N3O6S/c1-36(2,3)22-12-17(11-21(14-22)18-5-6-18)13-24(34(47)44-23-9-7-19(35(48)49)15-25(23)52-4)46(16-20-8-10-26(38)45-33(20)37)53(50,51)32-30(42)28(40)27(39)29(41)31(32)43/h7-12,14-15,18,24H,5-6,13,16H2,1-4H3,(H,44,47)(H,48,49). The molecule has 1 aromatic heterocycles. The number of carbonyl (C=O) groups excluding carboxylic acids is 1. The number of aromatic nitrogens is 1. The van der Waals surface area contributed by atoms with E-state index in [-0.39, 0.29) is 32.8 Å². The van der Waals surface area contributed by atoms with Crippen LogP contribution in [0.4, 0.5) is 32.0 Å². The van der Waals surface area contributed by atoms with Gasteiger partial charge in [-0.2, -0.15) is 8.70 Å². The quantitative estimate of drug-likeness (QED) is 0.0648. The molecule has 0 aliphatic heterocycles. The van der Waals surface area contributed by atoms with Crippen molar-refractivity contribution in [3.05, 3.63) is 117 Å². The molecule has 1 aliphatic rings. The van der Waals surface area contributed by atoms with Crippen LogP contribution in [0.15, 0.2) is 53.4 Å². The Hall–Kier alpha value is -4.67. The molecule has 0 bridgehead atoms. The molecule has 4 aromatic rings. The van der Waals surface area contributed by atoms with Gasteiger partial charge >= 0.3 is 5.97 Å². The Labute approximate surface area is 305 Å². The van der Waals surface area contributed by atoms with Crippen LogP contribution < -0.4 is 10.1 Å². The van der Waals surface area contributed by atoms with Gasteiger partial charge in [-0.1, -0.05) is 56.6 Å². The minimum atomic E-state index is -5.91. The van der Waals surface area contributed by atoms with E-state index in [9.17, 15) is 40.7 Å². The summed E-state index contributed by atoms with van der Waals surface area (Å²) in [4.78, 5) is 27.2. The van der Waals surface area contributed by atoms with Gasteiger partial charge in [0.15, 0.2) is 28.2 Å². The van der Waals surface area contributed by atoms with E-state index in [4.69, 9.17) is 16.3 Å². The Morgan fingerprint density at radius 1 is 0.962 bits per heavy atom. The summed E-state index contributed by atoms with van der Waals surface area (Å²) in [6.45, 7) is 4.69. The monoisotopic (exact) mass is 783 g/mol. The third-order valence-electron chi connectivity index (χ3n) is 8.67. The number of sulfonamides is 1. The largest absolute Gasteiger partial charge is 0.495 e. The summed E-state index contributed by atoms with van der Waals surface area (Å²) < 4.78 is 122. The molecule has 1 saturated carbocycles. The minimum absolute atomic E-state index is 0.162. The molecule has 1 unspecified atom stereocenters. The Morgan fingerprint density at radius 3 is 2.13 bits per heavy atom. The first-order valence-electron chi connectivity index (χ1n) is 15.9. The lowest BCUT2D eigenvalue weighted by Gasteiger charge is -2.31. The van der Waals surface area contributed by atoms with Crippen molar-refractivity contribution in [1.82, 2.24) is 9.29 Å². The Bertz CT molecular complexity index is 2200. The third-order valence-corrected chi connectivity index (χ3v) is 10.9. The maximum Gasteiger partial charge on any atom is 0.335 e. The van der Waals surface area contributed by atoms with E-state index in [2.05, 4.69) is 10.3 Å². The van der Waals surface area contributed by atoms with Gasteiger partial charge in [0.25, 0.3) is 0 Å². The van der Waals surface area contributed by atoms with E-state index >= 15 is 8.78 Å². The van der Waals surface area contributed by atoms with E-state index in [1.165, 1.54) is 0 Å². The predicted octanol–water partition coefficient (Wildman–Crippen LogP) is 7.89. The van der Waals surface area contributed by atoms with Gasteiger partial charge in [0.1, 0.15) is 16.9 Å². The summed E-state index contributed by atoms with van der Waals surface area (Å²) in [6, 6.07) is 8.41. The molecule has 1 amide bonds. The molecule has 1 heterocycles. The van der Waals surface area contributed by atoms with Gasteiger partial charge in [0.2, 0.25) is 27.7 Å². The molecule has 2 N–H and O–H groups in total. The molecule has 1 fully saturated rings. The number of pyridine rings is 1. The van der Waals surface area contributed by atoms with Crippen molar-refractivity contribution in [2.45, 2.75) is 68.8 Å². The number of hydrogen-bond donors (Lipinski definition) is 2. The molecule has 53 heavy (non-hydrogen) atoms. The smallest absolute Gasteiger partial charge is 0.335 e. The highest BCUT2D eigenvalue weighted by Crippen LogP contribution is 2.42. The van der Waals surface area contributed by atoms with E-state index in [1.807, 2.05) is 26.8 Å². The molecule has 17 heteroatoms. The summed E-state index contributed by atoms with van der Waals surface area (Å²) in [5.41, 5.74) is 0.879. The Balaban J connectivity index is 1.76. The third kappa shape index (κ3) is 8.29. The average Bonchev–Trinajstić information content (AvgIpc) is 3.94. The summed E-state index contributed by atoms with van der Waals surface area (Å²) in [6.07, 6.45) is 1.19. The van der Waals surface area contributed by atoms with Gasteiger partial charge in [-0.25, -0.2) is 40.1 Å². The molecule has 9 nitrogen and oxygen atoms in total. The number of methoxy groups -OCH3 is 1. The topological polar surface area (TPSA) is 126 Å². The van der Waals surface area contributed by atoms with Crippen molar-refractivity contribution in [3.8, 4) is 5.75 Å². The second-order valence-electron chi connectivity index (χ2n) is 13.5. The number of aromatic carboxylic acids is 1. The zero-order chi connectivity index (χ0) is 39.2. The second kappa shape index (κ2) is 15.0. The first kappa shape index (κ1) is 39.5. The summed E-state index contributed by atoms with van der Waals surface area (Å²) in [5, 5.41) is 11.3. The fourth-order valence-electron chi connectivity index (χ4n) is 5.63. The van der Waals surface area contributed by atoms with Gasteiger partial charge in [0.05, 0.1) is 18.4 Å². The van der Waals surface area contributed by atoms with Crippen LogP contribution in [0.1, 0.15) is 72.1 Å². The summed E-state index contributed by atoms with van der Waals surface area (Å²) in [5.74, 6) is -16.7. The molecular formula is C36H32ClF6N3O6S. The fraction of sp³-hybridized carbons (Fsp3) is 0.306. The SMILES string of the molecule is COc1cc(C(=O)O)ccc1NC(=O)C(Cc1cc(C2CC2)cc(C(C)(C)C)c1)N(Cc1ccc(F)nc1Cl)S(=O)(=O)c1c(F)c(F)c(F)c(F)c1F. The van der Waals surface area contributed by atoms with Gasteiger partial charge in [-0.15, -0.1) is 0 Å². The minimum Gasteiger partial charge on any atom is -0.495 e. The number of rotatable bonds is 12. The van der Waals surface area contributed by atoms with Crippen LogP contribution >= 0.6 is 11.6 Å². The van der Waals surface area contributed by atoms with Crippen LogP contribution in [0.2, 0.25) is 5.15 Å². The number of nitrogens with one attached hydrogen (secondary N) is 1. The summed E-state index contributed by atoms with van der Waals surface area (Å²) >= 11 is 6.14. The van der Waals surface area contributed by atoms with Crippen molar-refractivity contribution < 1.29 is 54.2 Å². The number of nitrogens with zero attached hydrogens (tertiary/aromatic N) is 2. The molecular weight excluding hydrogens is 752 g/mol. The highest BCUT2D eigenvalue weighted by Gasteiger charge is 2.43. The zero-order valence-corrected chi connectivity index (χ0v) is 30.1. The van der Waals surface area contributed by atoms with Crippen LogP contribution in [0.5, 0.6) is 5.75 Å². The van der Waals surface area contributed by atoms with Crippen LogP contribution in [0, 0.1) is 35.0 Å². The summed E-state index contributed by atoms with van der Waals surface area (Å²) in [7, 11) is -4.74. The fourth-order valence-corrected chi connectivity index (χ4v) is 7.52. The van der Waals surface area contributed by atoms with Crippen molar-refractivity contribution in [3.63, 3.8) is 0 Å². The van der Waals surface area contributed by atoms with Gasteiger partial charge in [-0.3, -0.25) is 4.79 Å². The van der Waals surface area contributed by atoms with Crippen LogP contribution in [-0.2, 0) is 33.2 Å². The maximum atomic E-state index is 15.3. The van der Waals surface area contributed by atoms with E-state index in [0.717, 1.165) is 61.4 Å². The number of carbonyl (C=O) groups is 2. The van der Waals surface area contributed by atoms with E-state index in [1.54, 1.807) is 12.1 Å². The molecule has 0 radical (unpaired) electrons. The second-order valence-corrected chi connectivity index (χ2v) is 15.6. The molecule has 282 valence electrons. The predicted molar refractivity (Wildman–Crippen MR) is 181 cm³/mol. The molecule has 0 saturated heterocycles. The molecule has 5 rings (SSSR count). The van der Waals surface area contributed by atoms with Crippen LogP contribution in [0.25, 0.3) is 0 Å². The number of carboxylic acid groups (broad SMARTS) is 1. The van der Waals surface area contributed by atoms with E-state index in [0.29, 0.717) is 5.56 Å². The first-order chi connectivity index (χ1) is 24.7. The van der Waals surface area contributed by atoms with Crippen molar-refractivity contribution in [1.29, 1.82) is 0 Å². The number of benzene rings is 3. The lowest BCUT2D eigenvalue weighted by Crippen LogP contribution is -2.48. The Kier molecular flexibility index (Phi) is 11.2. The van der Waals surface area contributed by atoms with Crippen molar-refractivity contribution in [2.24, 2.45) is 0 Å². The van der Waals surface area contributed by atoms with Crippen molar-refractivity contribution >= 4 is 39.2 Å². The molecule has 1 atom stereocenters. The van der Waals surface area contributed by atoms with Crippen molar-refractivity contribution in [2.75, 3.05) is 12.4 Å². The lowest BCUT2D eigenvalue weighted by molar-refractivity contribution is -0.119. The number of ether oxygens (including phenoxy) is 1. The highest BCUT2D eigenvalue weighted by atomic mass is 35.5. The number of carboxylic acids is 1. The Morgan fingerprint density at radius 2 is 1.58 bits per heavy atom. The molecule has 1 aliphatic carbocycles. The van der Waals surface area contributed by atoms with Gasteiger partial charge in [0, 0.05) is 12.1 Å². The lowest BCUT2D eigenvalue weighted by atomic mass is 9.83. The normalized spacial score (nSPS) is 14.0. The van der Waals surface area contributed by atoms with Crippen LogP contribution in [0.3, 0.4) is 0 Å². The number of amides is 1. The first-order valence-corrected chi connectivity index (χ1v) is 17.8.